The van der Waals surface area contributed by atoms with Gasteiger partial charge in [-0.1, -0.05) is 11.6 Å². The molecule has 0 fully saturated rings. The second-order valence-corrected chi connectivity index (χ2v) is 5.03. The number of aliphatic hydroxyl groups excluding tert-OH is 1. The predicted octanol–water partition coefficient (Wildman–Crippen LogP) is 2.53. The van der Waals surface area contributed by atoms with Gasteiger partial charge in [-0.2, -0.15) is 0 Å². The Morgan fingerprint density at radius 2 is 2.36 bits per heavy atom. The first kappa shape index (κ1) is 11.7. The van der Waals surface area contributed by atoms with Crippen LogP contribution in [0.25, 0.3) is 0 Å². The molecule has 1 unspecified atom stereocenters. The van der Waals surface area contributed by atoms with E-state index in [0.29, 0.717) is 12.8 Å². The van der Waals surface area contributed by atoms with Gasteiger partial charge in [-0.3, -0.25) is 4.79 Å². The molecule has 4 heteroatoms. The van der Waals surface area contributed by atoms with Crippen LogP contribution in [0.1, 0.15) is 18.2 Å². The van der Waals surface area contributed by atoms with Crippen molar-refractivity contribution >= 4 is 28.7 Å². The number of Topliss-reactive ketones (excluding diaryl/α,β-unsaturated/α-hetero) is 1. The Labute approximate surface area is 92.5 Å². The van der Waals surface area contributed by atoms with E-state index in [0.717, 1.165) is 9.21 Å². The van der Waals surface area contributed by atoms with Crippen molar-refractivity contribution in [3.8, 4) is 0 Å². The number of halogens is 1. The summed E-state index contributed by atoms with van der Waals surface area (Å²) < 4.78 is 0.742. The van der Waals surface area contributed by atoms with E-state index in [1.807, 2.05) is 12.1 Å². The average molecular weight is 233 g/mol. The van der Waals surface area contributed by atoms with Gasteiger partial charge >= 0.3 is 0 Å². The van der Waals surface area contributed by atoms with E-state index in [2.05, 4.69) is 0 Å². The summed E-state index contributed by atoms with van der Waals surface area (Å²) in [5, 5.41) is 8.79. The summed E-state index contributed by atoms with van der Waals surface area (Å²) in [5.41, 5.74) is 0. The van der Waals surface area contributed by atoms with Crippen LogP contribution in [0.4, 0.5) is 0 Å². The average Bonchev–Trinajstić information content (AvgIpc) is 2.50. The zero-order valence-corrected chi connectivity index (χ0v) is 9.57. The zero-order valence-electron chi connectivity index (χ0n) is 8.00. The number of aliphatic hydroxyl groups is 1. The van der Waals surface area contributed by atoms with E-state index in [9.17, 15) is 4.79 Å². The Kier molecular flexibility index (Phi) is 4.58. The molecule has 0 saturated heterocycles. The fourth-order valence-electron chi connectivity index (χ4n) is 1.31. The van der Waals surface area contributed by atoms with Gasteiger partial charge in [0, 0.05) is 17.4 Å². The smallest absolute Gasteiger partial charge is 0.133 e. The van der Waals surface area contributed by atoms with E-state index in [4.69, 9.17) is 16.7 Å². The molecule has 0 aliphatic carbocycles. The summed E-state index contributed by atoms with van der Waals surface area (Å²) in [6.45, 7) is 1.62. The van der Waals surface area contributed by atoms with Gasteiger partial charge in [-0.15, -0.1) is 11.3 Å². The number of thiophene rings is 1. The minimum Gasteiger partial charge on any atom is -0.396 e. The van der Waals surface area contributed by atoms with Gasteiger partial charge in [-0.25, -0.2) is 0 Å². The van der Waals surface area contributed by atoms with Gasteiger partial charge in [0.1, 0.15) is 5.78 Å². The molecule has 1 rings (SSSR count). The molecule has 1 atom stereocenters. The first-order chi connectivity index (χ1) is 6.63. The molecule has 1 aromatic heterocycles. The Balaban J connectivity index is 2.59. The largest absolute Gasteiger partial charge is 0.396 e. The van der Waals surface area contributed by atoms with Gasteiger partial charge in [0.25, 0.3) is 0 Å². The highest BCUT2D eigenvalue weighted by atomic mass is 35.5. The molecule has 1 heterocycles. The van der Waals surface area contributed by atoms with Crippen LogP contribution in [0, 0.1) is 5.92 Å². The highest BCUT2D eigenvalue weighted by molar-refractivity contribution is 7.16. The van der Waals surface area contributed by atoms with Crippen molar-refractivity contribution < 1.29 is 9.90 Å². The maximum atomic E-state index is 11.2. The summed E-state index contributed by atoms with van der Waals surface area (Å²) in [5.74, 6) is 0.0540. The van der Waals surface area contributed by atoms with E-state index >= 15 is 0 Å². The molecule has 0 amide bonds. The van der Waals surface area contributed by atoms with Crippen LogP contribution in [-0.4, -0.2) is 17.5 Å². The van der Waals surface area contributed by atoms with Crippen LogP contribution in [0.15, 0.2) is 12.1 Å². The molecule has 0 aliphatic rings. The second kappa shape index (κ2) is 5.49. The van der Waals surface area contributed by atoms with E-state index in [-0.39, 0.29) is 18.3 Å². The van der Waals surface area contributed by atoms with Crippen LogP contribution in [0.5, 0.6) is 0 Å². The number of hydrogen-bond acceptors (Lipinski definition) is 3. The molecule has 0 saturated carbocycles. The Morgan fingerprint density at radius 3 is 2.79 bits per heavy atom. The molecule has 0 bridgehead atoms. The molecule has 78 valence electrons. The molecule has 1 aromatic rings. The topological polar surface area (TPSA) is 37.3 Å². The van der Waals surface area contributed by atoms with Crippen LogP contribution in [0.2, 0.25) is 4.34 Å². The third-order valence-electron chi connectivity index (χ3n) is 2.13. The molecule has 14 heavy (non-hydrogen) atoms. The number of ketones is 1. The van der Waals surface area contributed by atoms with Gasteiger partial charge in [0.15, 0.2) is 0 Å². The van der Waals surface area contributed by atoms with E-state index in [1.54, 1.807) is 6.92 Å². The highest BCUT2D eigenvalue weighted by Gasteiger charge is 2.15. The van der Waals surface area contributed by atoms with Gasteiger partial charge in [0.05, 0.1) is 4.34 Å². The lowest BCUT2D eigenvalue weighted by atomic mass is 9.97. The summed E-state index contributed by atoms with van der Waals surface area (Å²) in [6.07, 6.45) is 1.22. The summed E-state index contributed by atoms with van der Waals surface area (Å²) in [7, 11) is 0. The van der Waals surface area contributed by atoms with Crippen LogP contribution in [0.3, 0.4) is 0 Å². The third kappa shape index (κ3) is 3.40. The fraction of sp³-hybridized carbons (Fsp3) is 0.500. The van der Waals surface area contributed by atoms with Crippen molar-refractivity contribution in [1.29, 1.82) is 0 Å². The third-order valence-corrected chi connectivity index (χ3v) is 3.38. The first-order valence-corrected chi connectivity index (χ1v) is 5.68. The fourth-order valence-corrected chi connectivity index (χ4v) is 2.48. The van der Waals surface area contributed by atoms with Gasteiger partial charge in [-0.05, 0) is 31.9 Å². The predicted molar refractivity (Wildman–Crippen MR) is 58.9 cm³/mol. The standard InChI is InChI=1S/C10H13ClO2S/c1-7(13)8(4-5-12)6-9-2-3-10(11)14-9/h2-3,8,12H,4-6H2,1H3. The lowest BCUT2D eigenvalue weighted by Gasteiger charge is -2.10. The van der Waals surface area contributed by atoms with Gasteiger partial charge in [0.2, 0.25) is 0 Å². The lowest BCUT2D eigenvalue weighted by molar-refractivity contribution is -0.121. The molecular formula is C10H13ClO2S. The lowest BCUT2D eigenvalue weighted by Crippen LogP contribution is -2.14. The minimum absolute atomic E-state index is 0.0589. The van der Waals surface area contributed by atoms with Crippen molar-refractivity contribution in [2.75, 3.05) is 6.61 Å². The number of rotatable bonds is 5. The molecule has 0 aromatic carbocycles. The highest BCUT2D eigenvalue weighted by Crippen LogP contribution is 2.24. The Hall–Kier alpha value is -0.380. The zero-order chi connectivity index (χ0) is 10.6. The normalized spacial score (nSPS) is 12.8. The van der Waals surface area contributed by atoms with E-state index < -0.39 is 0 Å². The summed E-state index contributed by atoms with van der Waals surface area (Å²) in [4.78, 5) is 12.3. The SMILES string of the molecule is CC(=O)C(CCO)Cc1ccc(Cl)s1. The Morgan fingerprint density at radius 1 is 1.64 bits per heavy atom. The first-order valence-electron chi connectivity index (χ1n) is 4.49. The van der Waals surface area contributed by atoms with Gasteiger partial charge < -0.3 is 5.11 Å². The second-order valence-electron chi connectivity index (χ2n) is 3.23. The minimum atomic E-state index is -0.0743. The molecule has 1 N–H and O–H groups in total. The number of carbonyl (C=O) groups excluding carboxylic acids is 1. The molecule has 0 spiro atoms. The molecular weight excluding hydrogens is 220 g/mol. The maximum absolute atomic E-state index is 11.2. The van der Waals surface area contributed by atoms with Crippen molar-refractivity contribution in [3.05, 3.63) is 21.3 Å². The Bertz CT molecular complexity index is 309. The van der Waals surface area contributed by atoms with Crippen molar-refractivity contribution in [1.82, 2.24) is 0 Å². The molecule has 0 aliphatic heterocycles. The molecule has 0 radical (unpaired) electrons. The number of hydrogen-bond donors (Lipinski definition) is 1. The monoisotopic (exact) mass is 232 g/mol. The van der Waals surface area contributed by atoms with Crippen molar-refractivity contribution in [2.45, 2.75) is 19.8 Å². The summed E-state index contributed by atoms with van der Waals surface area (Å²) >= 11 is 7.28. The van der Waals surface area contributed by atoms with Crippen LogP contribution < -0.4 is 0 Å². The van der Waals surface area contributed by atoms with Crippen LogP contribution in [-0.2, 0) is 11.2 Å². The number of carbonyl (C=O) groups is 1. The van der Waals surface area contributed by atoms with E-state index in [1.165, 1.54) is 11.3 Å². The summed E-state index contributed by atoms with van der Waals surface area (Å²) in [6, 6.07) is 3.76. The van der Waals surface area contributed by atoms with Crippen molar-refractivity contribution in [3.63, 3.8) is 0 Å². The van der Waals surface area contributed by atoms with Crippen LogP contribution >= 0.6 is 22.9 Å². The van der Waals surface area contributed by atoms with Crippen molar-refractivity contribution in [2.24, 2.45) is 5.92 Å². The molecule has 2 nitrogen and oxygen atoms in total. The quantitative estimate of drug-likeness (QED) is 0.847. The maximum Gasteiger partial charge on any atom is 0.133 e.